The Morgan fingerprint density at radius 3 is 1.25 bits per heavy atom. The van der Waals surface area contributed by atoms with Crippen molar-refractivity contribution in [2.45, 2.75) is 0 Å². The van der Waals surface area contributed by atoms with Crippen LogP contribution in [-0.2, 0) is 0 Å². The molecular weight excluding hydrogens is 683 g/mol. The van der Waals surface area contributed by atoms with Gasteiger partial charge in [-0.3, -0.25) is 4.98 Å². The molecule has 0 aliphatic rings. The first-order valence-electron chi connectivity index (χ1n) is 18.4. The van der Waals surface area contributed by atoms with Crippen LogP contribution in [0.15, 0.2) is 200 Å². The molecule has 9 rings (SSSR count). The molecule has 0 bridgehead atoms. The van der Waals surface area contributed by atoms with Gasteiger partial charge < -0.3 is 0 Å². The number of nitriles is 1. The van der Waals surface area contributed by atoms with Gasteiger partial charge in [0, 0.05) is 28.5 Å². The molecule has 0 atom stereocenters. The van der Waals surface area contributed by atoms with Crippen molar-refractivity contribution in [1.29, 1.82) is 5.26 Å². The second-order valence-corrected chi connectivity index (χ2v) is 13.5. The SMILES string of the molecule is N#Cc1cc(-c2ccc(-c3ccccn3)cc2)cc(-c2cccc(-c3cccc(-c4nc(-c5ccccc5)nc(-c5cccc(-c6ccccc6)c5)n4)c3)c2)c1. The minimum atomic E-state index is 0.595. The van der Waals surface area contributed by atoms with E-state index in [-0.39, 0.29) is 0 Å². The van der Waals surface area contributed by atoms with Gasteiger partial charge in [-0.2, -0.15) is 5.26 Å². The molecule has 0 saturated carbocycles. The molecule has 5 nitrogen and oxygen atoms in total. The molecular formula is C51H33N5. The first kappa shape index (κ1) is 34.0. The van der Waals surface area contributed by atoms with E-state index in [0.29, 0.717) is 23.0 Å². The number of nitrogens with zero attached hydrogens (tertiary/aromatic N) is 5. The molecule has 2 heterocycles. The van der Waals surface area contributed by atoms with Crippen molar-refractivity contribution in [3.05, 3.63) is 206 Å². The summed E-state index contributed by atoms with van der Waals surface area (Å²) in [7, 11) is 0. The fraction of sp³-hybridized carbons (Fsp3) is 0. The molecule has 262 valence electrons. The highest BCUT2D eigenvalue weighted by atomic mass is 15.0. The first-order chi connectivity index (χ1) is 27.7. The Labute approximate surface area is 326 Å². The van der Waals surface area contributed by atoms with Crippen LogP contribution in [0.1, 0.15) is 5.56 Å². The molecule has 2 aromatic heterocycles. The van der Waals surface area contributed by atoms with Crippen molar-refractivity contribution in [1.82, 2.24) is 19.9 Å². The van der Waals surface area contributed by atoms with Crippen LogP contribution >= 0.6 is 0 Å². The maximum atomic E-state index is 10.0. The van der Waals surface area contributed by atoms with Gasteiger partial charge in [0.15, 0.2) is 17.5 Å². The standard InChI is InChI=1S/C51H33N5/c52-34-35-28-46(37-23-25-38(26-24-37)48-22-7-8-27-53-48)33-47(29-35)43-19-9-17-41(30-43)42-18-11-21-45(32-42)51-55-49(39-14-5-2-6-15-39)54-50(56-51)44-20-10-16-40(31-44)36-12-3-1-4-13-36/h1-33H. The monoisotopic (exact) mass is 715 g/mol. The molecule has 9 aromatic rings. The summed E-state index contributed by atoms with van der Waals surface area (Å²) >= 11 is 0. The van der Waals surface area contributed by atoms with E-state index in [0.717, 1.165) is 72.5 Å². The fourth-order valence-corrected chi connectivity index (χ4v) is 6.93. The van der Waals surface area contributed by atoms with Crippen molar-refractivity contribution in [3.8, 4) is 96.0 Å². The maximum absolute atomic E-state index is 10.0. The lowest BCUT2D eigenvalue weighted by molar-refractivity contribution is 1.07. The average molecular weight is 716 g/mol. The van der Waals surface area contributed by atoms with Gasteiger partial charge in [0.05, 0.1) is 17.3 Å². The largest absolute Gasteiger partial charge is 0.256 e. The number of pyridine rings is 1. The van der Waals surface area contributed by atoms with E-state index in [4.69, 9.17) is 15.0 Å². The molecule has 0 radical (unpaired) electrons. The lowest BCUT2D eigenvalue weighted by Gasteiger charge is -2.12. The summed E-state index contributed by atoms with van der Waals surface area (Å²) in [6.07, 6.45) is 1.80. The number of benzene rings is 7. The van der Waals surface area contributed by atoms with Crippen molar-refractivity contribution in [3.63, 3.8) is 0 Å². The Kier molecular flexibility index (Phi) is 9.27. The van der Waals surface area contributed by atoms with Crippen LogP contribution in [0.2, 0.25) is 0 Å². The van der Waals surface area contributed by atoms with Gasteiger partial charge in [0.25, 0.3) is 0 Å². The zero-order valence-electron chi connectivity index (χ0n) is 30.3. The lowest BCUT2D eigenvalue weighted by atomic mass is 9.93. The van der Waals surface area contributed by atoms with Crippen LogP contribution in [0.3, 0.4) is 0 Å². The molecule has 56 heavy (non-hydrogen) atoms. The second-order valence-electron chi connectivity index (χ2n) is 13.5. The molecule has 0 N–H and O–H groups in total. The Balaban J connectivity index is 1.07. The number of rotatable bonds is 8. The molecule has 7 aromatic carbocycles. The third-order valence-electron chi connectivity index (χ3n) is 9.79. The first-order valence-corrected chi connectivity index (χ1v) is 18.4. The lowest BCUT2D eigenvalue weighted by Crippen LogP contribution is -2.00. The van der Waals surface area contributed by atoms with Crippen molar-refractivity contribution < 1.29 is 0 Å². The molecule has 0 fully saturated rings. The zero-order valence-corrected chi connectivity index (χ0v) is 30.3. The summed E-state index contributed by atoms with van der Waals surface area (Å²) in [5.74, 6) is 1.82. The molecule has 0 spiro atoms. The van der Waals surface area contributed by atoms with E-state index < -0.39 is 0 Å². The fourth-order valence-electron chi connectivity index (χ4n) is 6.93. The predicted octanol–water partition coefficient (Wildman–Crippen LogP) is 12.5. The minimum absolute atomic E-state index is 0.595. The van der Waals surface area contributed by atoms with E-state index in [1.165, 1.54) is 0 Å². The summed E-state index contributed by atoms with van der Waals surface area (Å²) < 4.78 is 0. The molecule has 0 aliphatic heterocycles. The molecule has 0 aliphatic carbocycles. The van der Waals surface area contributed by atoms with Crippen LogP contribution in [-0.4, -0.2) is 19.9 Å². The average Bonchev–Trinajstić information content (AvgIpc) is 3.30. The maximum Gasteiger partial charge on any atom is 0.164 e. The highest BCUT2D eigenvalue weighted by Crippen LogP contribution is 2.34. The molecule has 5 heteroatoms. The van der Waals surface area contributed by atoms with Crippen molar-refractivity contribution in [2.24, 2.45) is 0 Å². The number of aromatic nitrogens is 4. The quantitative estimate of drug-likeness (QED) is 0.157. The Morgan fingerprint density at radius 2 is 0.696 bits per heavy atom. The smallest absolute Gasteiger partial charge is 0.164 e. The topological polar surface area (TPSA) is 75.3 Å². The number of hydrogen-bond donors (Lipinski definition) is 0. The van der Waals surface area contributed by atoms with Gasteiger partial charge in [0.1, 0.15) is 0 Å². The Bertz CT molecular complexity index is 2850. The van der Waals surface area contributed by atoms with Crippen molar-refractivity contribution in [2.75, 3.05) is 0 Å². The van der Waals surface area contributed by atoms with Crippen LogP contribution in [0, 0.1) is 11.3 Å². The van der Waals surface area contributed by atoms with Gasteiger partial charge >= 0.3 is 0 Å². The van der Waals surface area contributed by atoms with Gasteiger partial charge in [-0.25, -0.2) is 15.0 Å². The van der Waals surface area contributed by atoms with E-state index in [1.54, 1.807) is 6.20 Å². The van der Waals surface area contributed by atoms with Gasteiger partial charge in [-0.15, -0.1) is 0 Å². The van der Waals surface area contributed by atoms with E-state index in [1.807, 2.05) is 103 Å². The third kappa shape index (κ3) is 7.23. The third-order valence-corrected chi connectivity index (χ3v) is 9.79. The van der Waals surface area contributed by atoms with Crippen LogP contribution in [0.5, 0.6) is 0 Å². The van der Waals surface area contributed by atoms with Gasteiger partial charge in [-0.05, 0) is 93.0 Å². The zero-order chi connectivity index (χ0) is 37.7. The summed E-state index contributed by atoms with van der Waals surface area (Å²) in [4.78, 5) is 19.5. The summed E-state index contributed by atoms with van der Waals surface area (Å²) in [5, 5.41) is 10.0. The molecule has 0 unspecified atom stereocenters. The summed E-state index contributed by atoms with van der Waals surface area (Å²) in [6.45, 7) is 0. The van der Waals surface area contributed by atoms with Gasteiger partial charge in [-0.1, -0.05) is 146 Å². The van der Waals surface area contributed by atoms with E-state index in [9.17, 15) is 5.26 Å². The highest BCUT2D eigenvalue weighted by Gasteiger charge is 2.14. The Hall–Kier alpha value is -7.81. The summed E-state index contributed by atoms with van der Waals surface area (Å²) in [6, 6.07) is 68.1. The number of hydrogen-bond acceptors (Lipinski definition) is 5. The van der Waals surface area contributed by atoms with Crippen LogP contribution < -0.4 is 0 Å². The predicted molar refractivity (Wildman–Crippen MR) is 226 cm³/mol. The van der Waals surface area contributed by atoms with E-state index >= 15 is 0 Å². The minimum Gasteiger partial charge on any atom is -0.256 e. The van der Waals surface area contributed by atoms with Crippen LogP contribution in [0.4, 0.5) is 0 Å². The Morgan fingerprint density at radius 1 is 0.304 bits per heavy atom. The van der Waals surface area contributed by atoms with Gasteiger partial charge in [0.2, 0.25) is 0 Å². The van der Waals surface area contributed by atoms with E-state index in [2.05, 4.69) is 102 Å². The molecule has 0 saturated heterocycles. The van der Waals surface area contributed by atoms with Crippen molar-refractivity contribution >= 4 is 0 Å². The normalized spacial score (nSPS) is 10.8. The summed E-state index contributed by atoms with van der Waals surface area (Å²) in [5.41, 5.74) is 13.6. The molecule has 0 amide bonds. The highest BCUT2D eigenvalue weighted by molar-refractivity contribution is 5.81. The van der Waals surface area contributed by atoms with Crippen LogP contribution in [0.25, 0.3) is 89.9 Å². The second kappa shape index (κ2) is 15.3.